The van der Waals surface area contributed by atoms with Crippen molar-refractivity contribution in [3.63, 3.8) is 0 Å². The Labute approximate surface area is 857 Å². The zero-order valence-corrected chi connectivity index (χ0v) is 80.6. The van der Waals surface area contributed by atoms with E-state index in [2.05, 4.69) is 419 Å². The van der Waals surface area contributed by atoms with E-state index >= 15 is 0 Å². The fraction of sp³-hybridized carbons (Fsp3) is 0. The standard InChI is InChI=1S/2C69H41N5O/c1-4-17-42(18-5-1)67-70-68(43-19-6-2-7-20-43)72-69(71-67)45-31-34-51-52-35-33-47(41-59(52)50-24-11-10-23-49(50)58(51)40-45)73-61-29-14-13-26-54(61)60-39-44(32-38-63(60)73)48-27-16-28-56-57-37-36-55-53-25-12-15-30-62(53)74(46-21-8-3-9-22-46)64(55)66(57)75-65(48)56;1-4-17-42(18-5-1)67-70-68(43-19-6-2-7-20-43)72-69(71-67)45-31-34-51-49-23-10-11-24-50(49)52-35-33-47(41-59(52)58(51)40-45)73-61-29-14-13-26-54(61)60-39-44(32-38-63(60)73)48-27-16-28-56-57-37-36-55-53-25-12-15-30-62(53)74(46-21-8-3-9-22-46)64(55)66(57)75-65(48)56/h2*1-41H. The monoisotopic (exact) mass is 1910 g/mol. The Hall–Kier alpha value is -20.3. The average molecular weight is 1910 g/mol. The lowest BCUT2D eigenvalue weighted by atomic mass is 9.93. The number of nitrogens with zero attached hydrogens (tertiary/aromatic N) is 10. The molecule has 12 heteroatoms. The third kappa shape index (κ3) is 13.2. The van der Waals surface area contributed by atoms with Crippen molar-refractivity contribution in [2.75, 3.05) is 0 Å². The zero-order valence-electron chi connectivity index (χ0n) is 80.6. The molecule has 32 rings (SSSR count). The van der Waals surface area contributed by atoms with Gasteiger partial charge in [0.1, 0.15) is 11.2 Å². The average Bonchev–Trinajstić information content (AvgIpc) is 1.56. The van der Waals surface area contributed by atoms with Gasteiger partial charge in [0.2, 0.25) is 0 Å². The fourth-order valence-electron chi connectivity index (χ4n) is 23.9. The van der Waals surface area contributed by atoms with Gasteiger partial charge in [0.25, 0.3) is 0 Å². The van der Waals surface area contributed by atoms with Gasteiger partial charge in [-0.3, -0.25) is 0 Å². The van der Waals surface area contributed by atoms with Crippen molar-refractivity contribution in [2.24, 2.45) is 0 Å². The summed E-state index contributed by atoms with van der Waals surface area (Å²) in [5.74, 6) is 3.83. The van der Waals surface area contributed by atoms with Gasteiger partial charge in [-0.15, -0.1) is 0 Å². The van der Waals surface area contributed by atoms with E-state index in [-0.39, 0.29) is 0 Å². The summed E-state index contributed by atoms with van der Waals surface area (Å²) in [6.45, 7) is 0. The van der Waals surface area contributed by atoms with Crippen LogP contribution >= 0.6 is 0 Å². The molecular weight excluding hydrogens is 1830 g/mol. The summed E-state index contributed by atoms with van der Waals surface area (Å²) in [6, 6.07) is 177. The molecule has 32 aromatic rings. The SMILES string of the molecule is c1ccc(-c2nc(-c3ccccc3)nc(-c3ccc4c5ccc(-n6c7ccccc7c7cc(-c8cccc9c8oc8c9ccc9c%10ccccc%10n(-c%10ccccc%10)c98)ccc76)cc5c5ccccc5c4c3)n2)cc1.c1ccc(-c2nc(-c3ccccc3)nc(-c3ccc4c5ccccc5c5ccc(-n6c7ccccc7c7cc(-c8cccc9c8oc8c9ccc9c%10ccccc%10n(-c%10ccccc%10)c98)ccc76)cc5c4c3)n2)cc1. The third-order valence-corrected chi connectivity index (χ3v) is 30.7. The predicted octanol–water partition coefficient (Wildman–Crippen LogP) is 36.2. The lowest BCUT2D eigenvalue weighted by molar-refractivity contribution is 0.672. The topological polar surface area (TPSA) is 123 Å². The van der Waals surface area contributed by atoms with Crippen molar-refractivity contribution >= 4 is 196 Å². The van der Waals surface area contributed by atoms with Crippen LogP contribution in [0.3, 0.4) is 0 Å². The fourth-order valence-corrected chi connectivity index (χ4v) is 23.9. The molecule has 0 radical (unpaired) electrons. The van der Waals surface area contributed by atoms with Crippen LogP contribution in [0, 0.1) is 0 Å². The maximum Gasteiger partial charge on any atom is 0.164 e. The Balaban J connectivity index is 0.000000135. The molecule has 696 valence electrons. The van der Waals surface area contributed by atoms with Crippen molar-refractivity contribution in [3.8, 4) is 113 Å². The molecule has 24 aromatic carbocycles. The van der Waals surface area contributed by atoms with Gasteiger partial charge in [-0.25, -0.2) is 29.9 Å². The number of furan rings is 2. The largest absolute Gasteiger partial charge is 0.453 e. The second-order valence-corrected chi connectivity index (χ2v) is 38.9. The lowest BCUT2D eigenvalue weighted by Crippen LogP contribution is -2.00. The van der Waals surface area contributed by atoms with Gasteiger partial charge in [0.15, 0.2) is 46.1 Å². The molecular formula is C138H82N10O2. The molecule has 0 saturated heterocycles. The van der Waals surface area contributed by atoms with Crippen molar-refractivity contribution in [3.05, 3.63) is 497 Å². The van der Waals surface area contributed by atoms with Crippen LogP contribution in [0.15, 0.2) is 506 Å². The highest BCUT2D eigenvalue weighted by atomic mass is 16.3. The summed E-state index contributed by atoms with van der Waals surface area (Å²) in [7, 11) is 0. The number of para-hydroxylation sites is 8. The van der Waals surface area contributed by atoms with E-state index in [1.807, 2.05) is 97.1 Å². The van der Waals surface area contributed by atoms with Crippen molar-refractivity contribution in [2.45, 2.75) is 0 Å². The van der Waals surface area contributed by atoms with Crippen molar-refractivity contribution < 1.29 is 8.83 Å². The molecule has 0 spiro atoms. The summed E-state index contributed by atoms with van der Waals surface area (Å²) in [5, 5.41) is 28.0. The van der Waals surface area contributed by atoms with Crippen LogP contribution in [0.25, 0.3) is 309 Å². The van der Waals surface area contributed by atoms with Gasteiger partial charge in [-0.1, -0.05) is 376 Å². The minimum Gasteiger partial charge on any atom is -0.453 e. The Kier molecular flexibility index (Phi) is 18.9. The van der Waals surface area contributed by atoms with Crippen LogP contribution in [0.5, 0.6) is 0 Å². The predicted molar refractivity (Wildman–Crippen MR) is 620 cm³/mol. The number of rotatable bonds is 12. The molecule has 0 atom stereocenters. The Morgan fingerprint density at radius 2 is 0.360 bits per heavy atom. The molecule has 0 aliphatic heterocycles. The third-order valence-electron chi connectivity index (χ3n) is 30.7. The Morgan fingerprint density at radius 1 is 0.127 bits per heavy atom. The highest BCUT2D eigenvalue weighted by Crippen LogP contribution is 2.50. The van der Waals surface area contributed by atoms with E-state index < -0.39 is 0 Å². The van der Waals surface area contributed by atoms with Crippen LogP contribution in [-0.2, 0) is 0 Å². The van der Waals surface area contributed by atoms with E-state index in [0.717, 1.165) is 183 Å². The minimum absolute atomic E-state index is 0.627. The van der Waals surface area contributed by atoms with E-state index in [9.17, 15) is 0 Å². The van der Waals surface area contributed by atoms with E-state index in [0.29, 0.717) is 34.9 Å². The minimum atomic E-state index is 0.627. The van der Waals surface area contributed by atoms with E-state index in [1.165, 1.54) is 91.6 Å². The highest BCUT2D eigenvalue weighted by molar-refractivity contribution is 6.30. The van der Waals surface area contributed by atoms with Gasteiger partial charge in [0.05, 0.1) is 44.1 Å². The molecule has 0 N–H and O–H groups in total. The summed E-state index contributed by atoms with van der Waals surface area (Å²) in [4.78, 5) is 30.4. The van der Waals surface area contributed by atoms with Crippen molar-refractivity contribution in [1.29, 1.82) is 0 Å². The van der Waals surface area contributed by atoms with Crippen LogP contribution in [0.4, 0.5) is 0 Å². The van der Waals surface area contributed by atoms with Gasteiger partial charge >= 0.3 is 0 Å². The highest BCUT2D eigenvalue weighted by Gasteiger charge is 2.28. The molecule has 0 bridgehead atoms. The molecule has 8 heterocycles. The first-order valence-electron chi connectivity index (χ1n) is 50.8. The number of fused-ring (bicyclic) bond motifs is 32. The first-order chi connectivity index (χ1) is 74.4. The molecule has 12 nitrogen and oxygen atoms in total. The van der Waals surface area contributed by atoms with Gasteiger partial charge < -0.3 is 27.1 Å². The smallest absolute Gasteiger partial charge is 0.164 e. The second kappa shape index (κ2) is 33.6. The molecule has 0 fully saturated rings. The van der Waals surface area contributed by atoms with Crippen LogP contribution in [0.2, 0.25) is 0 Å². The zero-order chi connectivity index (χ0) is 98.3. The van der Waals surface area contributed by atoms with E-state index in [4.69, 9.17) is 38.7 Å². The number of aromatic nitrogens is 10. The summed E-state index contributed by atoms with van der Waals surface area (Å²) in [6.07, 6.45) is 0. The maximum atomic E-state index is 7.18. The van der Waals surface area contributed by atoms with Gasteiger partial charge in [0, 0.05) is 132 Å². The summed E-state index contributed by atoms with van der Waals surface area (Å²) >= 11 is 0. The van der Waals surface area contributed by atoms with Crippen LogP contribution in [-0.4, -0.2) is 48.2 Å². The molecule has 0 aliphatic carbocycles. The second-order valence-electron chi connectivity index (χ2n) is 38.9. The molecule has 0 saturated carbocycles. The molecule has 150 heavy (non-hydrogen) atoms. The Bertz CT molecular complexity index is 11100. The lowest BCUT2D eigenvalue weighted by Gasteiger charge is -2.15. The molecule has 0 unspecified atom stereocenters. The van der Waals surface area contributed by atoms with E-state index in [1.54, 1.807) is 0 Å². The normalized spacial score (nSPS) is 12.0. The van der Waals surface area contributed by atoms with Gasteiger partial charge in [-0.2, -0.15) is 0 Å². The first kappa shape index (κ1) is 84.2. The van der Waals surface area contributed by atoms with Crippen molar-refractivity contribution in [1.82, 2.24) is 48.2 Å². The molecule has 0 amide bonds. The molecule has 0 aliphatic rings. The number of benzene rings is 24. The quantitative estimate of drug-likeness (QED) is 0.111. The Morgan fingerprint density at radius 3 is 0.727 bits per heavy atom. The van der Waals surface area contributed by atoms with Crippen LogP contribution in [0.1, 0.15) is 0 Å². The number of hydrogen-bond acceptors (Lipinski definition) is 8. The molecule has 8 aromatic heterocycles. The summed E-state index contributed by atoms with van der Waals surface area (Å²) in [5.41, 5.74) is 26.9. The maximum absolute atomic E-state index is 7.18. The number of hydrogen-bond donors (Lipinski definition) is 0. The van der Waals surface area contributed by atoms with Gasteiger partial charge in [-0.05, 0) is 197 Å². The van der Waals surface area contributed by atoms with Crippen LogP contribution < -0.4 is 0 Å². The first-order valence-corrected chi connectivity index (χ1v) is 50.8. The summed E-state index contributed by atoms with van der Waals surface area (Å²) < 4.78 is 23.9.